The maximum absolute atomic E-state index is 12.0. The summed E-state index contributed by atoms with van der Waals surface area (Å²) in [6.07, 6.45) is -4.16. The summed E-state index contributed by atoms with van der Waals surface area (Å²) < 4.78 is 42.3. The van der Waals surface area contributed by atoms with Crippen molar-refractivity contribution in [1.82, 2.24) is 4.90 Å². The van der Waals surface area contributed by atoms with Crippen LogP contribution in [0.15, 0.2) is 28.7 Å². The first kappa shape index (κ1) is 14.3. The Morgan fingerprint density at radius 1 is 1.24 bits per heavy atom. The Hall–Kier alpha value is -0.750. The molecule has 0 atom stereocenters. The summed E-state index contributed by atoms with van der Waals surface area (Å²) in [5.74, 6) is 0.647. The van der Waals surface area contributed by atoms with Crippen molar-refractivity contribution in [3.05, 3.63) is 28.7 Å². The van der Waals surface area contributed by atoms with E-state index in [-0.39, 0.29) is 13.2 Å². The van der Waals surface area contributed by atoms with Gasteiger partial charge in [0.2, 0.25) is 0 Å². The lowest BCUT2D eigenvalue weighted by Gasteiger charge is -2.18. The fourth-order valence-corrected chi connectivity index (χ4v) is 1.50. The minimum absolute atomic E-state index is 0.230. The maximum Gasteiger partial charge on any atom is 0.401 e. The summed E-state index contributed by atoms with van der Waals surface area (Å²) in [5.41, 5.74) is 0. The van der Waals surface area contributed by atoms with Gasteiger partial charge in [0.25, 0.3) is 0 Å². The number of alkyl halides is 3. The van der Waals surface area contributed by atoms with Crippen LogP contribution < -0.4 is 4.74 Å². The molecule has 96 valence electrons. The molecule has 1 aromatic rings. The van der Waals surface area contributed by atoms with Crippen LogP contribution in [0.1, 0.15) is 0 Å². The van der Waals surface area contributed by atoms with Crippen molar-refractivity contribution in [3.8, 4) is 5.75 Å². The molecule has 6 heteroatoms. The van der Waals surface area contributed by atoms with Gasteiger partial charge in [-0.1, -0.05) is 15.9 Å². The Balaban J connectivity index is 2.26. The molecule has 17 heavy (non-hydrogen) atoms. The molecule has 0 aromatic heterocycles. The normalized spacial score (nSPS) is 11.9. The quantitative estimate of drug-likeness (QED) is 0.827. The van der Waals surface area contributed by atoms with Gasteiger partial charge < -0.3 is 4.74 Å². The average Bonchev–Trinajstić information content (AvgIpc) is 2.18. The van der Waals surface area contributed by atoms with Gasteiger partial charge in [0.1, 0.15) is 12.4 Å². The van der Waals surface area contributed by atoms with E-state index in [0.717, 1.165) is 4.47 Å². The molecule has 0 saturated carbocycles. The number of nitrogens with zero attached hydrogens (tertiary/aromatic N) is 1. The molecule has 1 rings (SSSR count). The summed E-state index contributed by atoms with van der Waals surface area (Å²) in [6, 6.07) is 7.14. The second-order valence-corrected chi connectivity index (χ2v) is 4.57. The van der Waals surface area contributed by atoms with E-state index in [4.69, 9.17) is 4.74 Å². The highest BCUT2D eigenvalue weighted by Gasteiger charge is 2.28. The van der Waals surface area contributed by atoms with Crippen LogP contribution in [0.3, 0.4) is 0 Å². The highest BCUT2D eigenvalue weighted by atomic mass is 79.9. The zero-order valence-electron chi connectivity index (χ0n) is 9.30. The lowest BCUT2D eigenvalue weighted by molar-refractivity contribution is -0.143. The van der Waals surface area contributed by atoms with E-state index in [1.54, 1.807) is 12.1 Å². The van der Waals surface area contributed by atoms with E-state index >= 15 is 0 Å². The number of hydrogen-bond acceptors (Lipinski definition) is 2. The van der Waals surface area contributed by atoms with Crippen molar-refractivity contribution in [3.63, 3.8) is 0 Å². The van der Waals surface area contributed by atoms with Crippen LogP contribution in [0.4, 0.5) is 13.2 Å². The Labute approximate surface area is 106 Å². The molecule has 0 aliphatic heterocycles. The van der Waals surface area contributed by atoms with E-state index in [1.165, 1.54) is 11.9 Å². The van der Waals surface area contributed by atoms with Crippen molar-refractivity contribution in [2.75, 3.05) is 26.7 Å². The van der Waals surface area contributed by atoms with Crippen LogP contribution in [0, 0.1) is 0 Å². The highest BCUT2D eigenvalue weighted by molar-refractivity contribution is 9.10. The number of likely N-dealkylation sites (N-methyl/N-ethyl adjacent to an activating group) is 1. The third-order valence-corrected chi connectivity index (χ3v) is 2.53. The Morgan fingerprint density at radius 3 is 2.35 bits per heavy atom. The van der Waals surface area contributed by atoms with Gasteiger partial charge in [0.15, 0.2) is 0 Å². The summed E-state index contributed by atoms with van der Waals surface area (Å²) in [4.78, 5) is 1.18. The molecular formula is C11H13BrF3NO. The third-order valence-electron chi connectivity index (χ3n) is 2.00. The molecule has 0 saturated heterocycles. The molecule has 0 aliphatic rings. The largest absolute Gasteiger partial charge is 0.492 e. The predicted molar refractivity (Wildman–Crippen MR) is 63.2 cm³/mol. The van der Waals surface area contributed by atoms with Crippen LogP contribution in [-0.4, -0.2) is 37.8 Å². The minimum Gasteiger partial charge on any atom is -0.492 e. The fraction of sp³-hybridized carbons (Fsp3) is 0.455. The van der Waals surface area contributed by atoms with Crippen molar-refractivity contribution < 1.29 is 17.9 Å². The first-order valence-corrected chi connectivity index (χ1v) is 5.80. The van der Waals surface area contributed by atoms with Crippen molar-refractivity contribution in [2.24, 2.45) is 0 Å². The maximum atomic E-state index is 12.0. The molecule has 0 spiro atoms. The van der Waals surface area contributed by atoms with Gasteiger partial charge >= 0.3 is 6.18 Å². The first-order chi connectivity index (χ1) is 7.87. The van der Waals surface area contributed by atoms with Crippen LogP contribution in [-0.2, 0) is 0 Å². The summed E-state index contributed by atoms with van der Waals surface area (Å²) in [6.45, 7) is -0.458. The van der Waals surface area contributed by atoms with Crippen LogP contribution in [0.2, 0.25) is 0 Å². The minimum atomic E-state index is -4.16. The molecule has 0 heterocycles. The van der Waals surface area contributed by atoms with E-state index in [1.807, 2.05) is 12.1 Å². The van der Waals surface area contributed by atoms with Gasteiger partial charge in [0, 0.05) is 11.0 Å². The molecule has 0 radical (unpaired) electrons. The monoisotopic (exact) mass is 311 g/mol. The van der Waals surface area contributed by atoms with Gasteiger partial charge in [0.05, 0.1) is 6.54 Å². The SMILES string of the molecule is CN(CCOc1ccc(Br)cc1)CC(F)(F)F. The van der Waals surface area contributed by atoms with E-state index in [9.17, 15) is 13.2 Å². The Morgan fingerprint density at radius 2 is 1.82 bits per heavy atom. The van der Waals surface area contributed by atoms with E-state index in [0.29, 0.717) is 5.75 Å². The molecule has 2 nitrogen and oxygen atoms in total. The van der Waals surface area contributed by atoms with Crippen molar-refractivity contribution >= 4 is 15.9 Å². The second-order valence-electron chi connectivity index (χ2n) is 3.66. The molecule has 0 N–H and O–H groups in total. The number of benzene rings is 1. The molecule has 1 aromatic carbocycles. The van der Waals surface area contributed by atoms with Crippen molar-refractivity contribution in [2.45, 2.75) is 6.18 Å². The van der Waals surface area contributed by atoms with Crippen molar-refractivity contribution in [1.29, 1.82) is 0 Å². The smallest absolute Gasteiger partial charge is 0.401 e. The van der Waals surface area contributed by atoms with Crippen LogP contribution in [0.5, 0.6) is 5.75 Å². The summed E-state index contributed by atoms with van der Waals surface area (Å²) in [7, 11) is 1.42. The predicted octanol–water partition coefficient (Wildman–Crippen LogP) is 3.32. The van der Waals surface area contributed by atoms with Gasteiger partial charge in [-0.05, 0) is 31.3 Å². The lowest BCUT2D eigenvalue weighted by atomic mass is 10.3. The molecule has 0 aliphatic carbocycles. The molecule has 0 unspecified atom stereocenters. The van der Waals surface area contributed by atoms with Gasteiger partial charge in [-0.3, -0.25) is 4.90 Å². The number of halogens is 4. The highest BCUT2D eigenvalue weighted by Crippen LogP contribution is 2.17. The average molecular weight is 312 g/mol. The number of hydrogen-bond donors (Lipinski definition) is 0. The van der Waals surface area contributed by atoms with Gasteiger partial charge in [-0.2, -0.15) is 13.2 Å². The van der Waals surface area contributed by atoms with E-state index < -0.39 is 12.7 Å². The van der Waals surface area contributed by atoms with Gasteiger partial charge in [-0.25, -0.2) is 0 Å². The molecular weight excluding hydrogens is 299 g/mol. The molecule has 0 bridgehead atoms. The van der Waals surface area contributed by atoms with Crippen LogP contribution in [0.25, 0.3) is 0 Å². The lowest BCUT2D eigenvalue weighted by Crippen LogP contribution is -2.33. The first-order valence-electron chi connectivity index (χ1n) is 5.00. The third kappa shape index (κ3) is 6.53. The van der Waals surface area contributed by atoms with Gasteiger partial charge in [-0.15, -0.1) is 0 Å². The van der Waals surface area contributed by atoms with E-state index in [2.05, 4.69) is 15.9 Å². The topological polar surface area (TPSA) is 12.5 Å². The standard InChI is InChI=1S/C11H13BrF3NO/c1-16(8-11(13,14)15)6-7-17-10-4-2-9(12)3-5-10/h2-5H,6-8H2,1H3. The Kier molecular flexibility index (Phi) is 5.27. The summed E-state index contributed by atoms with van der Waals surface area (Å²) in [5, 5.41) is 0. The second kappa shape index (κ2) is 6.26. The number of rotatable bonds is 5. The molecule has 0 amide bonds. The zero-order valence-corrected chi connectivity index (χ0v) is 10.9. The number of ether oxygens (including phenoxy) is 1. The fourth-order valence-electron chi connectivity index (χ4n) is 1.24. The van der Waals surface area contributed by atoms with Crippen LogP contribution >= 0.6 is 15.9 Å². The summed E-state index contributed by atoms with van der Waals surface area (Å²) >= 11 is 3.28. The Bertz CT molecular complexity index is 340. The zero-order chi connectivity index (χ0) is 12.9. The molecule has 0 fully saturated rings.